The number of hydrogen-bond donors (Lipinski definition) is 1. The Balaban J connectivity index is 1.94. The molecular formula is C11H16FN5S. The third-order valence-corrected chi connectivity index (χ3v) is 3.50. The van der Waals surface area contributed by atoms with Gasteiger partial charge < -0.3 is 10.6 Å². The first-order chi connectivity index (χ1) is 8.58. The molecule has 1 aromatic rings. The van der Waals surface area contributed by atoms with Gasteiger partial charge in [0, 0.05) is 26.2 Å². The van der Waals surface area contributed by atoms with Crippen LogP contribution in [0.15, 0.2) is 12.4 Å². The summed E-state index contributed by atoms with van der Waals surface area (Å²) in [6.45, 7) is 5.28. The van der Waals surface area contributed by atoms with Gasteiger partial charge in [0.05, 0.1) is 23.4 Å². The van der Waals surface area contributed by atoms with E-state index in [1.165, 1.54) is 12.4 Å². The molecule has 0 spiro atoms. The van der Waals surface area contributed by atoms with E-state index >= 15 is 0 Å². The van der Waals surface area contributed by atoms with Crippen molar-refractivity contribution >= 4 is 23.2 Å². The molecule has 1 aromatic heterocycles. The summed E-state index contributed by atoms with van der Waals surface area (Å²) in [7, 11) is 0. The lowest BCUT2D eigenvalue weighted by Crippen LogP contribution is -2.53. The van der Waals surface area contributed by atoms with Crippen LogP contribution in [-0.4, -0.2) is 52.1 Å². The molecule has 98 valence electrons. The van der Waals surface area contributed by atoms with Crippen molar-refractivity contribution in [2.24, 2.45) is 5.73 Å². The molecule has 1 aliphatic rings. The first-order valence-corrected chi connectivity index (χ1v) is 6.24. The van der Waals surface area contributed by atoms with Gasteiger partial charge in [0.25, 0.3) is 0 Å². The minimum atomic E-state index is -0.417. The molecule has 0 aromatic carbocycles. The molecule has 7 heteroatoms. The second-order valence-corrected chi connectivity index (χ2v) is 4.77. The Hall–Kier alpha value is -1.34. The summed E-state index contributed by atoms with van der Waals surface area (Å²) in [5.41, 5.74) is 5.64. The number of piperazine rings is 1. The van der Waals surface area contributed by atoms with Crippen LogP contribution in [0.25, 0.3) is 0 Å². The summed E-state index contributed by atoms with van der Waals surface area (Å²) in [5, 5.41) is 0. The molecule has 0 aliphatic carbocycles. The van der Waals surface area contributed by atoms with Gasteiger partial charge in [0.1, 0.15) is 0 Å². The number of nitrogens with zero attached hydrogens (tertiary/aromatic N) is 4. The van der Waals surface area contributed by atoms with Crippen LogP contribution < -0.4 is 10.6 Å². The average Bonchev–Trinajstić information content (AvgIpc) is 2.39. The quantitative estimate of drug-likeness (QED) is 0.802. The maximum absolute atomic E-state index is 12.7. The monoisotopic (exact) mass is 269 g/mol. The van der Waals surface area contributed by atoms with Crippen LogP contribution >= 0.6 is 12.2 Å². The third-order valence-electron chi connectivity index (χ3n) is 3.16. The molecule has 2 N–H and O–H groups in total. The zero-order valence-corrected chi connectivity index (χ0v) is 11.0. The Morgan fingerprint density at radius 3 is 2.39 bits per heavy atom. The smallest absolute Gasteiger partial charge is 0.225 e. The van der Waals surface area contributed by atoms with Gasteiger partial charge in [-0.15, -0.1) is 0 Å². The van der Waals surface area contributed by atoms with Gasteiger partial charge in [0.15, 0.2) is 5.82 Å². The van der Waals surface area contributed by atoms with E-state index in [1.807, 2.05) is 11.8 Å². The molecule has 1 fully saturated rings. The molecule has 5 nitrogen and oxygen atoms in total. The molecule has 0 radical (unpaired) electrons. The van der Waals surface area contributed by atoms with Crippen molar-refractivity contribution in [3.05, 3.63) is 18.2 Å². The van der Waals surface area contributed by atoms with Crippen LogP contribution in [0, 0.1) is 5.82 Å². The van der Waals surface area contributed by atoms with Crippen molar-refractivity contribution in [3.8, 4) is 0 Å². The van der Waals surface area contributed by atoms with Crippen molar-refractivity contribution in [2.75, 3.05) is 31.1 Å². The second-order valence-electron chi connectivity index (χ2n) is 4.30. The first-order valence-electron chi connectivity index (χ1n) is 5.84. The van der Waals surface area contributed by atoms with Gasteiger partial charge in [-0.25, -0.2) is 14.4 Å². The Kier molecular flexibility index (Phi) is 4.03. The molecule has 1 unspecified atom stereocenters. The van der Waals surface area contributed by atoms with E-state index in [4.69, 9.17) is 18.0 Å². The highest BCUT2D eigenvalue weighted by Gasteiger charge is 2.23. The second kappa shape index (κ2) is 5.53. The van der Waals surface area contributed by atoms with Crippen LogP contribution in [0.1, 0.15) is 6.92 Å². The van der Waals surface area contributed by atoms with Gasteiger partial charge >= 0.3 is 0 Å². The SMILES string of the molecule is CC(C(N)=S)N1CCN(c2ncc(F)cn2)CC1. The van der Waals surface area contributed by atoms with E-state index < -0.39 is 5.82 Å². The number of halogens is 1. The molecule has 18 heavy (non-hydrogen) atoms. The molecule has 0 bridgehead atoms. The molecule has 1 aliphatic heterocycles. The third kappa shape index (κ3) is 2.91. The number of nitrogens with two attached hydrogens (primary N) is 1. The zero-order chi connectivity index (χ0) is 13.1. The van der Waals surface area contributed by atoms with E-state index in [-0.39, 0.29) is 6.04 Å². The molecule has 1 saturated heterocycles. The van der Waals surface area contributed by atoms with Gasteiger partial charge in [0.2, 0.25) is 5.95 Å². The molecule has 0 saturated carbocycles. The zero-order valence-electron chi connectivity index (χ0n) is 10.2. The van der Waals surface area contributed by atoms with Crippen molar-refractivity contribution in [1.29, 1.82) is 0 Å². The minimum Gasteiger partial charge on any atom is -0.392 e. The predicted octanol–water partition coefficient (Wildman–Crippen LogP) is 0.412. The highest BCUT2D eigenvalue weighted by molar-refractivity contribution is 7.80. The number of hydrogen-bond acceptors (Lipinski definition) is 5. The van der Waals surface area contributed by atoms with E-state index in [0.29, 0.717) is 10.9 Å². The summed E-state index contributed by atoms with van der Waals surface area (Å²) in [6.07, 6.45) is 2.37. The Bertz CT molecular complexity index is 416. The Morgan fingerprint density at radius 1 is 1.33 bits per heavy atom. The van der Waals surface area contributed by atoms with Crippen molar-refractivity contribution in [2.45, 2.75) is 13.0 Å². The number of aromatic nitrogens is 2. The maximum atomic E-state index is 12.7. The molecule has 2 heterocycles. The van der Waals surface area contributed by atoms with E-state index in [2.05, 4.69) is 14.9 Å². The summed E-state index contributed by atoms with van der Waals surface area (Å²) < 4.78 is 12.7. The maximum Gasteiger partial charge on any atom is 0.225 e. The largest absolute Gasteiger partial charge is 0.392 e. The Morgan fingerprint density at radius 2 is 1.89 bits per heavy atom. The number of rotatable bonds is 3. The van der Waals surface area contributed by atoms with Crippen LogP contribution in [-0.2, 0) is 0 Å². The predicted molar refractivity (Wildman–Crippen MR) is 72.0 cm³/mol. The van der Waals surface area contributed by atoms with Crippen LogP contribution in [0.3, 0.4) is 0 Å². The molecule has 2 rings (SSSR count). The van der Waals surface area contributed by atoms with Crippen molar-refractivity contribution in [1.82, 2.24) is 14.9 Å². The van der Waals surface area contributed by atoms with E-state index in [9.17, 15) is 4.39 Å². The fraction of sp³-hybridized carbons (Fsp3) is 0.545. The summed E-state index contributed by atoms with van der Waals surface area (Å²) in [6, 6.07) is 0.108. The number of thiocarbonyl (C=S) groups is 1. The molecule has 1 atom stereocenters. The summed E-state index contributed by atoms with van der Waals surface area (Å²) >= 11 is 4.99. The lowest BCUT2D eigenvalue weighted by Gasteiger charge is -2.37. The highest BCUT2D eigenvalue weighted by atomic mass is 32.1. The van der Waals surface area contributed by atoms with Gasteiger partial charge in [-0.05, 0) is 6.92 Å². The van der Waals surface area contributed by atoms with Crippen LogP contribution in [0.2, 0.25) is 0 Å². The van der Waals surface area contributed by atoms with E-state index in [1.54, 1.807) is 0 Å². The van der Waals surface area contributed by atoms with Gasteiger partial charge in [-0.1, -0.05) is 12.2 Å². The topological polar surface area (TPSA) is 58.3 Å². The van der Waals surface area contributed by atoms with E-state index in [0.717, 1.165) is 26.2 Å². The van der Waals surface area contributed by atoms with Gasteiger partial charge in [-0.2, -0.15) is 0 Å². The number of anilines is 1. The molecule has 0 amide bonds. The van der Waals surface area contributed by atoms with Crippen molar-refractivity contribution in [3.63, 3.8) is 0 Å². The lowest BCUT2D eigenvalue weighted by atomic mass is 10.2. The fourth-order valence-electron chi connectivity index (χ4n) is 1.96. The fourth-order valence-corrected chi connectivity index (χ4v) is 2.11. The normalized spacial score (nSPS) is 18.7. The van der Waals surface area contributed by atoms with Gasteiger partial charge in [-0.3, -0.25) is 4.90 Å². The average molecular weight is 269 g/mol. The van der Waals surface area contributed by atoms with Crippen molar-refractivity contribution < 1.29 is 4.39 Å². The highest BCUT2D eigenvalue weighted by Crippen LogP contribution is 2.12. The first kappa shape index (κ1) is 13.1. The summed E-state index contributed by atoms with van der Waals surface area (Å²) in [4.78, 5) is 12.7. The lowest BCUT2D eigenvalue weighted by molar-refractivity contribution is 0.238. The molecular weight excluding hydrogens is 253 g/mol. The Labute approximate surface area is 111 Å². The van der Waals surface area contributed by atoms with Crippen LogP contribution in [0.4, 0.5) is 10.3 Å². The minimum absolute atomic E-state index is 0.108. The standard InChI is InChI=1S/C11H16FN5S/c1-8(10(13)18)16-2-4-17(5-3-16)11-14-6-9(12)7-15-11/h6-8H,2-5H2,1H3,(H2,13,18). The van der Waals surface area contributed by atoms with Crippen LogP contribution in [0.5, 0.6) is 0 Å². The summed E-state index contributed by atoms with van der Waals surface area (Å²) in [5.74, 6) is 0.151.